The molecule has 5 rings (SSSR count). The standard InChI is InChI=1S/C19H28N4O2S/c24-19(21-15-11-14-1-2-17(15)25-14)16-12-23-8-7-22(6-3-18(23)20-16)13-4-9-26-10-5-13/h12-15,17H,1-11H2,(H,21,24)/t14-,15+,17+/m0/s1. The lowest BCUT2D eigenvalue weighted by atomic mass is 9.95. The van der Waals surface area contributed by atoms with E-state index in [1.165, 1.54) is 24.3 Å². The largest absolute Gasteiger partial charge is 0.373 e. The van der Waals surface area contributed by atoms with Gasteiger partial charge in [-0.05, 0) is 43.6 Å². The van der Waals surface area contributed by atoms with Crippen molar-refractivity contribution in [2.24, 2.45) is 0 Å². The van der Waals surface area contributed by atoms with Gasteiger partial charge in [-0.2, -0.15) is 11.8 Å². The van der Waals surface area contributed by atoms with Gasteiger partial charge < -0.3 is 14.6 Å². The highest BCUT2D eigenvalue weighted by Gasteiger charge is 2.41. The van der Waals surface area contributed by atoms with Crippen molar-refractivity contribution >= 4 is 17.7 Å². The highest BCUT2D eigenvalue weighted by Crippen LogP contribution is 2.34. The van der Waals surface area contributed by atoms with Crippen LogP contribution in [-0.2, 0) is 17.7 Å². The normalized spacial score (nSPS) is 32.4. The summed E-state index contributed by atoms with van der Waals surface area (Å²) in [6.07, 6.45) is 9.26. The molecule has 1 aromatic heterocycles. The Bertz CT molecular complexity index is 647. The van der Waals surface area contributed by atoms with Crippen LogP contribution in [0.2, 0.25) is 0 Å². The summed E-state index contributed by atoms with van der Waals surface area (Å²) in [4.78, 5) is 20.0. The zero-order valence-corrected chi connectivity index (χ0v) is 16.0. The Morgan fingerprint density at radius 3 is 2.85 bits per heavy atom. The van der Waals surface area contributed by atoms with Crippen molar-refractivity contribution in [3.8, 4) is 0 Å². The van der Waals surface area contributed by atoms with Gasteiger partial charge in [0.2, 0.25) is 0 Å². The zero-order valence-electron chi connectivity index (χ0n) is 15.2. The maximum absolute atomic E-state index is 12.6. The monoisotopic (exact) mass is 376 g/mol. The van der Waals surface area contributed by atoms with Crippen molar-refractivity contribution in [1.82, 2.24) is 19.8 Å². The summed E-state index contributed by atoms with van der Waals surface area (Å²) < 4.78 is 8.04. The van der Waals surface area contributed by atoms with Gasteiger partial charge in [0.05, 0.1) is 18.2 Å². The van der Waals surface area contributed by atoms with E-state index in [1.54, 1.807) is 0 Å². The molecule has 3 atom stereocenters. The van der Waals surface area contributed by atoms with Crippen molar-refractivity contribution in [1.29, 1.82) is 0 Å². The SMILES string of the molecule is O=C(N[C@@H]1C[C@@H]2CC[C@H]1O2)c1cn2c(n1)CCN(C1CCSCC1)CC2. The summed E-state index contributed by atoms with van der Waals surface area (Å²) in [5, 5.41) is 3.16. The molecule has 26 heavy (non-hydrogen) atoms. The molecule has 1 N–H and O–H groups in total. The lowest BCUT2D eigenvalue weighted by Gasteiger charge is -2.32. The highest BCUT2D eigenvalue weighted by atomic mass is 32.2. The molecule has 0 saturated carbocycles. The number of amides is 1. The highest BCUT2D eigenvalue weighted by molar-refractivity contribution is 7.99. The Hall–Kier alpha value is -1.05. The van der Waals surface area contributed by atoms with Gasteiger partial charge >= 0.3 is 0 Å². The fraction of sp³-hybridized carbons (Fsp3) is 0.789. The van der Waals surface area contributed by atoms with Crippen LogP contribution in [-0.4, -0.2) is 69.2 Å². The Kier molecular flexibility index (Phi) is 4.71. The van der Waals surface area contributed by atoms with Crippen LogP contribution in [0.3, 0.4) is 0 Å². The summed E-state index contributed by atoms with van der Waals surface area (Å²) in [5.74, 6) is 3.62. The van der Waals surface area contributed by atoms with Gasteiger partial charge in [0.15, 0.2) is 0 Å². The topological polar surface area (TPSA) is 59.4 Å². The van der Waals surface area contributed by atoms with E-state index in [-0.39, 0.29) is 18.1 Å². The number of thioether (sulfide) groups is 1. The van der Waals surface area contributed by atoms with E-state index >= 15 is 0 Å². The molecule has 1 aromatic rings. The van der Waals surface area contributed by atoms with Crippen LogP contribution in [0.5, 0.6) is 0 Å². The number of ether oxygens (including phenoxy) is 1. The third kappa shape index (κ3) is 3.29. The van der Waals surface area contributed by atoms with Crippen LogP contribution < -0.4 is 5.32 Å². The summed E-state index contributed by atoms with van der Waals surface area (Å²) in [6.45, 7) is 3.07. The van der Waals surface area contributed by atoms with Gasteiger partial charge in [-0.3, -0.25) is 9.69 Å². The summed E-state index contributed by atoms with van der Waals surface area (Å²) >= 11 is 2.08. The van der Waals surface area contributed by atoms with Crippen LogP contribution in [0.1, 0.15) is 48.4 Å². The first kappa shape index (κ1) is 17.1. The first-order valence-corrected chi connectivity index (χ1v) is 11.3. The molecule has 2 bridgehead atoms. The minimum Gasteiger partial charge on any atom is -0.373 e. The van der Waals surface area contributed by atoms with Crippen LogP contribution in [0.15, 0.2) is 6.20 Å². The van der Waals surface area contributed by atoms with Gasteiger partial charge in [-0.1, -0.05) is 0 Å². The molecule has 4 aliphatic rings. The first-order valence-electron chi connectivity index (χ1n) is 10.1. The van der Waals surface area contributed by atoms with Crippen LogP contribution in [0.25, 0.3) is 0 Å². The average molecular weight is 377 g/mol. The van der Waals surface area contributed by atoms with Crippen LogP contribution >= 0.6 is 11.8 Å². The van der Waals surface area contributed by atoms with Crippen molar-refractivity contribution in [3.63, 3.8) is 0 Å². The summed E-state index contributed by atoms with van der Waals surface area (Å²) in [7, 11) is 0. The fourth-order valence-electron chi connectivity index (χ4n) is 5.00. The molecule has 3 fully saturated rings. The Labute approximate surface area is 159 Å². The minimum atomic E-state index is -0.0344. The molecular formula is C19H28N4O2S. The van der Waals surface area contributed by atoms with Gasteiger partial charge in [0.25, 0.3) is 5.91 Å². The molecule has 0 radical (unpaired) electrons. The quantitative estimate of drug-likeness (QED) is 0.870. The maximum Gasteiger partial charge on any atom is 0.271 e. The molecule has 7 heteroatoms. The third-order valence-electron chi connectivity index (χ3n) is 6.47. The molecule has 5 heterocycles. The number of carbonyl (C=O) groups is 1. The van der Waals surface area contributed by atoms with Gasteiger partial charge in [0.1, 0.15) is 11.5 Å². The second-order valence-corrected chi connectivity index (χ2v) is 9.28. The maximum atomic E-state index is 12.6. The van der Waals surface area contributed by atoms with E-state index in [0.29, 0.717) is 11.8 Å². The number of nitrogens with zero attached hydrogens (tertiary/aromatic N) is 3. The first-order chi connectivity index (χ1) is 12.8. The van der Waals surface area contributed by atoms with Gasteiger partial charge in [-0.15, -0.1) is 0 Å². The minimum absolute atomic E-state index is 0.0344. The molecule has 0 aromatic carbocycles. The van der Waals surface area contributed by atoms with Crippen molar-refractivity contribution in [2.75, 3.05) is 24.6 Å². The number of hydrogen-bond acceptors (Lipinski definition) is 5. The van der Waals surface area contributed by atoms with E-state index in [9.17, 15) is 4.79 Å². The van der Waals surface area contributed by atoms with Gasteiger partial charge in [0, 0.05) is 38.3 Å². The number of nitrogens with one attached hydrogen (secondary N) is 1. The molecule has 6 nitrogen and oxygen atoms in total. The lowest BCUT2D eigenvalue weighted by molar-refractivity contribution is 0.0837. The van der Waals surface area contributed by atoms with E-state index in [4.69, 9.17) is 4.74 Å². The van der Waals surface area contributed by atoms with Crippen LogP contribution in [0, 0.1) is 0 Å². The fourth-order valence-corrected chi connectivity index (χ4v) is 6.08. The number of fused-ring (bicyclic) bond motifs is 3. The van der Waals surface area contributed by atoms with E-state index in [1.807, 2.05) is 6.20 Å². The summed E-state index contributed by atoms with van der Waals surface area (Å²) in [5.41, 5.74) is 0.574. The molecular weight excluding hydrogens is 348 g/mol. The summed E-state index contributed by atoms with van der Waals surface area (Å²) in [6, 6.07) is 0.906. The average Bonchev–Trinajstić information content (AvgIpc) is 3.36. The smallest absolute Gasteiger partial charge is 0.271 e. The molecule has 3 saturated heterocycles. The predicted molar refractivity (Wildman–Crippen MR) is 102 cm³/mol. The second-order valence-electron chi connectivity index (χ2n) is 8.05. The van der Waals surface area contributed by atoms with Crippen LogP contribution in [0.4, 0.5) is 0 Å². The van der Waals surface area contributed by atoms with E-state index in [0.717, 1.165) is 57.2 Å². The predicted octanol–water partition coefficient (Wildman–Crippen LogP) is 1.69. The third-order valence-corrected chi connectivity index (χ3v) is 7.52. The zero-order chi connectivity index (χ0) is 17.5. The number of rotatable bonds is 3. The van der Waals surface area contributed by atoms with Crippen molar-refractivity contribution in [2.45, 2.75) is 69.4 Å². The Morgan fingerprint density at radius 2 is 2.08 bits per heavy atom. The Morgan fingerprint density at radius 1 is 1.19 bits per heavy atom. The number of aromatic nitrogens is 2. The number of carbonyl (C=O) groups excluding carboxylic acids is 1. The number of imidazole rings is 1. The second kappa shape index (κ2) is 7.17. The molecule has 4 aliphatic heterocycles. The molecule has 142 valence electrons. The van der Waals surface area contributed by atoms with E-state index in [2.05, 4.69) is 31.5 Å². The van der Waals surface area contributed by atoms with Crippen molar-refractivity contribution < 1.29 is 9.53 Å². The van der Waals surface area contributed by atoms with E-state index < -0.39 is 0 Å². The molecule has 0 unspecified atom stereocenters. The molecule has 0 aliphatic carbocycles. The molecule has 0 spiro atoms. The van der Waals surface area contributed by atoms with Crippen molar-refractivity contribution in [3.05, 3.63) is 17.7 Å². The lowest BCUT2D eigenvalue weighted by Crippen LogP contribution is -2.41. The number of hydrogen-bond donors (Lipinski definition) is 1. The molecule has 1 amide bonds. The van der Waals surface area contributed by atoms with Gasteiger partial charge in [-0.25, -0.2) is 4.98 Å². The Balaban J connectivity index is 1.21.